The van der Waals surface area contributed by atoms with Crippen molar-refractivity contribution < 1.29 is 9.59 Å². The standard InChI is InChI=1S/C18H18Cl2N4O2S/c1-10-4-3-5-15(11(10)2)22-18(27)24-23-16(25)9-21-17(26)13-7-6-12(19)8-14(13)20/h3-8H,9H2,1-2H3,(H,21,26)(H,23,25)(H2,22,24,27). The first kappa shape index (κ1) is 21.0. The first-order valence-electron chi connectivity index (χ1n) is 7.93. The van der Waals surface area contributed by atoms with Crippen molar-refractivity contribution in [1.29, 1.82) is 0 Å². The molecule has 0 aromatic heterocycles. The van der Waals surface area contributed by atoms with Gasteiger partial charge in [0.25, 0.3) is 11.8 Å². The Kier molecular flexibility index (Phi) is 7.41. The molecule has 9 heteroatoms. The minimum absolute atomic E-state index is 0.206. The van der Waals surface area contributed by atoms with Gasteiger partial charge in [-0.1, -0.05) is 35.3 Å². The summed E-state index contributed by atoms with van der Waals surface area (Å²) >= 11 is 16.9. The molecule has 0 fully saturated rings. The van der Waals surface area contributed by atoms with Gasteiger partial charge < -0.3 is 10.6 Å². The average molecular weight is 425 g/mol. The van der Waals surface area contributed by atoms with E-state index in [0.29, 0.717) is 5.02 Å². The van der Waals surface area contributed by atoms with Crippen LogP contribution in [0.15, 0.2) is 36.4 Å². The summed E-state index contributed by atoms with van der Waals surface area (Å²) in [6.45, 7) is 3.71. The zero-order chi connectivity index (χ0) is 20.0. The molecule has 27 heavy (non-hydrogen) atoms. The van der Waals surface area contributed by atoms with Gasteiger partial charge in [-0.25, -0.2) is 0 Å². The normalized spacial score (nSPS) is 10.1. The molecule has 0 aliphatic rings. The zero-order valence-corrected chi connectivity index (χ0v) is 17.0. The summed E-state index contributed by atoms with van der Waals surface area (Å²) < 4.78 is 0. The Balaban J connectivity index is 1.79. The molecule has 0 aliphatic carbocycles. The maximum atomic E-state index is 12.1. The van der Waals surface area contributed by atoms with Crippen molar-refractivity contribution in [2.24, 2.45) is 0 Å². The van der Waals surface area contributed by atoms with Gasteiger partial charge in [-0.2, -0.15) is 0 Å². The van der Waals surface area contributed by atoms with Crippen molar-refractivity contribution in [2.45, 2.75) is 13.8 Å². The van der Waals surface area contributed by atoms with Gasteiger partial charge in [0.15, 0.2) is 5.11 Å². The number of amides is 2. The second-order valence-corrected chi connectivity index (χ2v) is 6.93. The summed E-state index contributed by atoms with van der Waals surface area (Å²) in [7, 11) is 0. The lowest BCUT2D eigenvalue weighted by atomic mass is 10.1. The van der Waals surface area contributed by atoms with Crippen molar-refractivity contribution in [3.63, 3.8) is 0 Å². The fraction of sp³-hybridized carbons (Fsp3) is 0.167. The second kappa shape index (κ2) is 9.55. The summed E-state index contributed by atoms with van der Waals surface area (Å²) in [5.74, 6) is -0.957. The smallest absolute Gasteiger partial charge is 0.257 e. The molecule has 0 heterocycles. The van der Waals surface area contributed by atoms with Gasteiger partial charge in [0.2, 0.25) is 0 Å². The molecule has 0 saturated heterocycles. The number of carbonyl (C=O) groups is 2. The summed E-state index contributed by atoms with van der Waals surface area (Å²) in [4.78, 5) is 23.9. The number of hydrogen-bond donors (Lipinski definition) is 4. The number of rotatable bonds is 4. The highest BCUT2D eigenvalue weighted by molar-refractivity contribution is 7.80. The van der Waals surface area contributed by atoms with Crippen LogP contribution in [0.2, 0.25) is 10.0 Å². The molecular formula is C18H18Cl2N4O2S. The maximum absolute atomic E-state index is 12.1. The van der Waals surface area contributed by atoms with Crippen LogP contribution >= 0.6 is 35.4 Å². The molecule has 0 unspecified atom stereocenters. The number of nitrogens with one attached hydrogen (secondary N) is 4. The van der Waals surface area contributed by atoms with Crippen LogP contribution in [0.3, 0.4) is 0 Å². The monoisotopic (exact) mass is 424 g/mol. The van der Waals surface area contributed by atoms with Gasteiger partial charge in [-0.05, 0) is 61.5 Å². The van der Waals surface area contributed by atoms with E-state index in [4.69, 9.17) is 35.4 Å². The molecule has 4 N–H and O–H groups in total. The molecule has 0 spiro atoms. The van der Waals surface area contributed by atoms with Gasteiger partial charge >= 0.3 is 0 Å². The van der Waals surface area contributed by atoms with Gasteiger partial charge in [0.1, 0.15) is 0 Å². The molecule has 2 rings (SSSR count). The predicted octanol–water partition coefficient (Wildman–Crippen LogP) is 3.36. The highest BCUT2D eigenvalue weighted by Crippen LogP contribution is 2.20. The molecule has 2 aromatic rings. The van der Waals surface area contributed by atoms with Crippen LogP contribution < -0.4 is 21.5 Å². The second-order valence-electron chi connectivity index (χ2n) is 5.68. The summed E-state index contributed by atoms with van der Waals surface area (Å²) in [5, 5.41) is 6.32. The van der Waals surface area contributed by atoms with Crippen molar-refractivity contribution in [1.82, 2.24) is 16.2 Å². The number of carbonyl (C=O) groups excluding carboxylic acids is 2. The van der Waals surface area contributed by atoms with Crippen molar-refractivity contribution in [3.05, 3.63) is 63.1 Å². The van der Waals surface area contributed by atoms with E-state index < -0.39 is 11.8 Å². The van der Waals surface area contributed by atoms with Crippen LogP contribution in [0.5, 0.6) is 0 Å². The minimum Gasteiger partial charge on any atom is -0.343 e. The van der Waals surface area contributed by atoms with E-state index in [9.17, 15) is 9.59 Å². The predicted molar refractivity (Wildman–Crippen MR) is 112 cm³/mol. The van der Waals surface area contributed by atoms with Crippen LogP contribution in [-0.2, 0) is 4.79 Å². The topological polar surface area (TPSA) is 82.3 Å². The van der Waals surface area contributed by atoms with Gasteiger partial charge in [0, 0.05) is 10.7 Å². The Labute approximate surface area is 172 Å². The van der Waals surface area contributed by atoms with Crippen LogP contribution in [0.1, 0.15) is 21.5 Å². The zero-order valence-electron chi connectivity index (χ0n) is 14.7. The van der Waals surface area contributed by atoms with Gasteiger partial charge in [-0.3, -0.25) is 20.4 Å². The molecule has 2 aromatic carbocycles. The fourth-order valence-corrected chi connectivity index (χ4v) is 2.80. The number of thiocarbonyl (C=S) groups is 1. The summed E-state index contributed by atoms with van der Waals surface area (Å²) in [6, 6.07) is 10.3. The van der Waals surface area contributed by atoms with Crippen molar-refractivity contribution in [2.75, 3.05) is 11.9 Å². The Hall–Kier alpha value is -2.35. The molecule has 0 bridgehead atoms. The van der Waals surface area contributed by atoms with Gasteiger partial charge in [-0.15, -0.1) is 0 Å². The quantitative estimate of drug-likeness (QED) is 0.446. The van der Waals surface area contributed by atoms with Gasteiger partial charge in [0.05, 0.1) is 17.1 Å². The average Bonchev–Trinajstić information content (AvgIpc) is 2.62. The first-order valence-corrected chi connectivity index (χ1v) is 9.09. The Morgan fingerprint density at radius 3 is 2.52 bits per heavy atom. The van der Waals surface area contributed by atoms with Crippen molar-refractivity contribution >= 4 is 58.0 Å². The molecule has 0 aliphatic heterocycles. The lowest BCUT2D eigenvalue weighted by Gasteiger charge is -2.14. The Bertz CT molecular complexity index is 890. The number of hydrazine groups is 1. The highest BCUT2D eigenvalue weighted by Gasteiger charge is 2.12. The highest BCUT2D eigenvalue weighted by atomic mass is 35.5. The molecule has 0 saturated carbocycles. The molecule has 142 valence electrons. The van der Waals surface area contributed by atoms with Crippen LogP contribution in [-0.4, -0.2) is 23.5 Å². The largest absolute Gasteiger partial charge is 0.343 e. The van der Waals surface area contributed by atoms with E-state index >= 15 is 0 Å². The lowest BCUT2D eigenvalue weighted by Crippen LogP contribution is -2.47. The van der Waals surface area contributed by atoms with E-state index in [-0.39, 0.29) is 22.2 Å². The van der Waals surface area contributed by atoms with E-state index in [1.807, 2.05) is 32.0 Å². The van der Waals surface area contributed by atoms with E-state index in [1.165, 1.54) is 12.1 Å². The third-order valence-electron chi connectivity index (χ3n) is 3.75. The third kappa shape index (κ3) is 6.09. The lowest BCUT2D eigenvalue weighted by molar-refractivity contribution is -0.120. The number of hydrogen-bond acceptors (Lipinski definition) is 3. The SMILES string of the molecule is Cc1cccc(NC(=S)NNC(=O)CNC(=O)c2ccc(Cl)cc2Cl)c1C. The Morgan fingerprint density at radius 2 is 1.81 bits per heavy atom. The van der Waals surface area contributed by atoms with E-state index in [1.54, 1.807) is 6.07 Å². The first-order chi connectivity index (χ1) is 12.8. The number of aryl methyl sites for hydroxylation is 1. The van der Waals surface area contributed by atoms with Crippen molar-refractivity contribution in [3.8, 4) is 0 Å². The number of halogens is 2. The molecular weight excluding hydrogens is 407 g/mol. The third-order valence-corrected chi connectivity index (χ3v) is 4.51. The van der Waals surface area contributed by atoms with Crippen LogP contribution in [0.4, 0.5) is 5.69 Å². The number of anilines is 1. The maximum Gasteiger partial charge on any atom is 0.257 e. The molecule has 0 atom stereocenters. The molecule has 2 amide bonds. The van der Waals surface area contributed by atoms with Crippen LogP contribution in [0, 0.1) is 13.8 Å². The molecule has 0 radical (unpaired) electrons. The molecule has 6 nitrogen and oxygen atoms in total. The number of benzene rings is 2. The minimum atomic E-state index is -0.483. The Morgan fingerprint density at radius 1 is 1.07 bits per heavy atom. The van der Waals surface area contributed by atoms with Crippen LogP contribution in [0.25, 0.3) is 0 Å². The fourth-order valence-electron chi connectivity index (χ4n) is 2.14. The van der Waals surface area contributed by atoms with E-state index in [2.05, 4.69) is 21.5 Å². The summed E-state index contributed by atoms with van der Waals surface area (Å²) in [5.41, 5.74) is 8.24. The summed E-state index contributed by atoms with van der Waals surface area (Å²) in [6.07, 6.45) is 0. The van der Waals surface area contributed by atoms with E-state index in [0.717, 1.165) is 16.8 Å².